The zero-order chi connectivity index (χ0) is 16.4. The molecule has 1 aromatic rings. The molecule has 1 aromatic heterocycles. The van der Waals surface area contributed by atoms with Crippen LogP contribution in [0.15, 0.2) is 23.2 Å². The highest BCUT2D eigenvalue weighted by Gasteiger charge is 2.32. The summed E-state index contributed by atoms with van der Waals surface area (Å²) in [5.74, 6) is 0.0634. The average molecular weight is 338 g/mol. The Hall–Kier alpha value is -1.19. The number of aromatic nitrogens is 1. The van der Waals surface area contributed by atoms with Gasteiger partial charge in [0.2, 0.25) is 10.0 Å². The molecule has 0 amide bonds. The Morgan fingerprint density at radius 2 is 1.95 bits per heavy atom. The summed E-state index contributed by atoms with van der Waals surface area (Å²) in [5.41, 5.74) is -1.16. The van der Waals surface area contributed by atoms with Crippen molar-refractivity contribution in [3.63, 3.8) is 0 Å². The lowest BCUT2D eigenvalue weighted by molar-refractivity contribution is -0.141. The topological polar surface area (TPSA) is 79.3 Å². The summed E-state index contributed by atoms with van der Waals surface area (Å²) in [6.07, 6.45) is -1.02. The molecular formula is C13H17F3N2O3S. The van der Waals surface area contributed by atoms with Crippen LogP contribution < -0.4 is 4.72 Å². The summed E-state index contributed by atoms with van der Waals surface area (Å²) in [4.78, 5) is 2.75. The Kier molecular flexibility index (Phi) is 5.08. The lowest BCUT2D eigenvalue weighted by Gasteiger charge is -2.18. The Labute approximate surface area is 126 Å². The SMILES string of the molecule is O=S(=O)(NCC(O)C1CCCC1)c1ccc(C(F)(F)F)nc1. The van der Waals surface area contributed by atoms with Crippen LogP contribution in [0.25, 0.3) is 0 Å². The summed E-state index contributed by atoms with van der Waals surface area (Å²) < 4.78 is 63.3. The standard InChI is InChI=1S/C13H17F3N2O3S/c14-13(15,16)12-6-5-10(7-17-12)22(20,21)18-8-11(19)9-3-1-2-4-9/h5-7,9,11,18-19H,1-4,8H2. The van der Waals surface area contributed by atoms with Crippen LogP contribution in [0.5, 0.6) is 0 Å². The van der Waals surface area contributed by atoms with Crippen LogP contribution in [0.4, 0.5) is 13.2 Å². The number of alkyl halides is 3. The first kappa shape index (κ1) is 17.2. The van der Waals surface area contributed by atoms with Gasteiger partial charge in [0.1, 0.15) is 10.6 Å². The Morgan fingerprint density at radius 1 is 1.32 bits per heavy atom. The maximum atomic E-state index is 12.4. The number of halogens is 3. The van der Waals surface area contributed by atoms with Gasteiger partial charge in [0.15, 0.2) is 0 Å². The number of sulfonamides is 1. The van der Waals surface area contributed by atoms with Crippen molar-refractivity contribution in [2.24, 2.45) is 5.92 Å². The van der Waals surface area contributed by atoms with Gasteiger partial charge in [-0.2, -0.15) is 13.2 Å². The number of rotatable bonds is 5. The van der Waals surface area contributed by atoms with Gasteiger partial charge in [0, 0.05) is 12.7 Å². The molecule has 1 atom stereocenters. The molecule has 1 heterocycles. The molecule has 9 heteroatoms. The first-order valence-corrected chi connectivity index (χ1v) is 8.39. The van der Waals surface area contributed by atoms with E-state index in [9.17, 15) is 26.7 Å². The molecule has 2 N–H and O–H groups in total. The number of nitrogens with one attached hydrogen (secondary N) is 1. The third kappa shape index (κ3) is 4.17. The first-order chi connectivity index (χ1) is 10.2. The largest absolute Gasteiger partial charge is 0.433 e. The van der Waals surface area contributed by atoms with E-state index in [0.29, 0.717) is 12.3 Å². The highest BCUT2D eigenvalue weighted by atomic mass is 32.2. The Morgan fingerprint density at radius 3 is 2.45 bits per heavy atom. The molecule has 1 fully saturated rings. The molecule has 1 unspecified atom stereocenters. The number of pyridine rings is 1. The second kappa shape index (κ2) is 6.51. The summed E-state index contributed by atoms with van der Waals surface area (Å²) in [6, 6.07) is 1.46. The van der Waals surface area contributed by atoms with E-state index in [1.165, 1.54) is 0 Å². The van der Waals surface area contributed by atoms with Crippen molar-refractivity contribution in [1.82, 2.24) is 9.71 Å². The normalized spacial score (nSPS) is 18.5. The average Bonchev–Trinajstić information content (AvgIpc) is 2.98. The van der Waals surface area contributed by atoms with Gasteiger partial charge >= 0.3 is 6.18 Å². The van der Waals surface area contributed by atoms with E-state index < -0.39 is 28.0 Å². The molecule has 0 aliphatic heterocycles. The summed E-state index contributed by atoms with van der Waals surface area (Å²) >= 11 is 0. The van der Waals surface area contributed by atoms with Gasteiger partial charge in [-0.15, -0.1) is 0 Å². The number of aliphatic hydroxyl groups excluding tert-OH is 1. The number of hydrogen-bond donors (Lipinski definition) is 2. The second-order valence-electron chi connectivity index (χ2n) is 5.34. The van der Waals surface area contributed by atoms with Crippen molar-refractivity contribution in [1.29, 1.82) is 0 Å². The number of aliphatic hydroxyl groups is 1. The third-order valence-corrected chi connectivity index (χ3v) is 5.17. The van der Waals surface area contributed by atoms with Gasteiger partial charge in [-0.25, -0.2) is 13.1 Å². The van der Waals surface area contributed by atoms with Crippen LogP contribution in [0, 0.1) is 5.92 Å². The zero-order valence-electron chi connectivity index (χ0n) is 11.7. The Bertz CT molecular complexity index is 596. The molecule has 22 heavy (non-hydrogen) atoms. The van der Waals surface area contributed by atoms with Crippen LogP contribution >= 0.6 is 0 Å². The molecule has 0 bridgehead atoms. The molecule has 1 aliphatic rings. The van der Waals surface area contributed by atoms with E-state index in [1.54, 1.807) is 0 Å². The fourth-order valence-corrected chi connectivity index (χ4v) is 3.49. The van der Waals surface area contributed by atoms with Crippen LogP contribution in [-0.4, -0.2) is 31.2 Å². The maximum absolute atomic E-state index is 12.4. The zero-order valence-corrected chi connectivity index (χ0v) is 12.5. The van der Waals surface area contributed by atoms with Crippen molar-refractivity contribution in [2.45, 2.75) is 42.9 Å². The number of hydrogen-bond acceptors (Lipinski definition) is 4. The minimum Gasteiger partial charge on any atom is -0.391 e. The minimum absolute atomic E-state index is 0.0634. The quantitative estimate of drug-likeness (QED) is 0.860. The molecule has 0 radical (unpaired) electrons. The van der Waals surface area contributed by atoms with Crippen molar-refractivity contribution >= 4 is 10.0 Å². The molecule has 1 saturated carbocycles. The molecule has 5 nitrogen and oxygen atoms in total. The summed E-state index contributed by atoms with van der Waals surface area (Å²) in [6.45, 7) is -0.159. The van der Waals surface area contributed by atoms with Gasteiger partial charge in [0.25, 0.3) is 0 Å². The molecule has 0 spiro atoms. The highest BCUT2D eigenvalue weighted by molar-refractivity contribution is 7.89. The first-order valence-electron chi connectivity index (χ1n) is 6.91. The molecule has 124 valence electrons. The predicted molar refractivity (Wildman–Crippen MR) is 72.4 cm³/mol. The second-order valence-corrected chi connectivity index (χ2v) is 7.11. The van der Waals surface area contributed by atoms with E-state index in [-0.39, 0.29) is 17.4 Å². The lowest BCUT2D eigenvalue weighted by atomic mass is 10.0. The maximum Gasteiger partial charge on any atom is 0.433 e. The van der Waals surface area contributed by atoms with Gasteiger partial charge in [-0.05, 0) is 30.9 Å². The van der Waals surface area contributed by atoms with Crippen molar-refractivity contribution in [3.05, 3.63) is 24.0 Å². The van der Waals surface area contributed by atoms with E-state index >= 15 is 0 Å². The fraction of sp³-hybridized carbons (Fsp3) is 0.615. The fourth-order valence-electron chi connectivity index (χ4n) is 2.49. The summed E-state index contributed by atoms with van der Waals surface area (Å²) in [7, 11) is -3.99. The molecular weight excluding hydrogens is 321 g/mol. The molecule has 0 saturated heterocycles. The van der Waals surface area contributed by atoms with Crippen molar-refractivity contribution in [2.75, 3.05) is 6.54 Å². The smallest absolute Gasteiger partial charge is 0.391 e. The number of nitrogens with zero attached hydrogens (tertiary/aromatic N) is 1. The van der Waals surface area contributed by atoms with E-state index in [0.717, 1.165) is 31.7 Å². The van der Waals surface area contributed by atoms with Gasteiger partial charge < -0.3 is 5.11 Å². The Balaban J connectivity index is 2.00. The van der Waals surface area contributed by atoms with E-state index in [2.05, 4.69) is 9.71 Å². The lowest BCUT2D eigenvalue weighted by Crippen LogP contribution is -2.35. The highest BCUT2D eigenvalue weighted by Crippen LogP contribution is 2.28. The van der Waals surface area contributed by atoms with Gasteiger partial charge in [0.05, 0.1) is 6.10 Å². The monoisotopic (exact) mass is 338 g/mol. The van der Waals surface area contributed by atoms with Crippen LogP contribution in [0.3, 0.4) is 0 Å². The summed E-state index contributed by atoms with van der Waals surface area (Å²) in [5, 5.41) is 9.92. The van der Waals surface area contributed by atoms with E-state index in [1.807, 2.05) is 0 Å². The van der Waals surface area contributed by atoms with Crippen LogP contribution in [-0.2, 0) is 16.2 Å². The third-order valence-electron chi connectivity index (χ3n) is 3.76. The van der Waals surface area contributed by atoms with Crippen LogP contribution in [0.2, 0.25) is 0 Å². The molecule has 2 rings (SSSR count). The van der Waals surface area contributed by atoms with Crippen molar-refractivity contribution in [3.8, 4) is 0 Å². The predicted octanol–water partition coefficient (Wildman–Crippen LogP) is 1.93. The minimum atomic E-state index is -4.62. The van der Waals surface area contributed by atoms with Crippen LogP contribution in [0.1, 0.15) is 31.4 Å². The van der Waals surface area contributed by atoms with Gasteiger partial charge in [-0.3, -0.25) is 4.98 Å². The van der Waals surface area contributed by atoms with E-state index in [4.69, 9.17) is 0 Å². The van der Waals surface area contributed by atoms with Gasteiger partial charge in [-0.1, -0.05) is 12.8 Å². The molecule has 0 aromatic carbocycles. The van der Waals surface area contributed by atoms with Crippen molar-refractivity contribution < 1.29 is 26.7 Å². The molecule has 1 aliphatic carbocycles.